The van der Waals surface area contributed by atoms with E-state index >= 15 is 0 Å². The smallest absolute Gasteiger partial charge is 0.289 e. The summed E-state index contributed by atoms with van der Waals surface area (Å²) in [6.45, 7) is 1.70. The molecule has 1 aliphatic heterocycles. The molecule has 0 aromatic heterocycles. The SMILES string of the molecule is O=C(NCCc1ccc(Cl)cc1)C(=O)[C@@H]1C/C=C/COCCOCc2ccccc2C(=O)N1. The number of ketones is 1. The van der Waals surface area contributed by atoms with Crippen LogP contribution >= 0.6 is 11.6 Å². The summed E-state index contributed by atoms with van der Waals surface area (Å²) in [5.41, 5.74) is 2.09. The van der Waals surface area contributed by atoms with Crippen LogP contribution in [0.2, 0.25) is 5.02 Å². The van der Waals surface area contributed by atoms with Gasteiger partial charge in [-0.1, -0.05) is 54.1 Å². The van der Waals surface area contributed by atoms with Gasteiger partial charge < -0.3 is 20.1 Å². The lowest BCUT2D eigenvalue weighted by Crippen LogP contribution is -2.47. The molecule has 2 aromatic carbocycles. The number of fused-ring (bicyclic) bond motifs is 1. The highest BCUT2D eigenvalue weighted by Crippen LogP contribution is 2.12. The lowest BCUT2D eigenvalue weighted by Gasteiger charge is -2.18. The number of rotatable bonds is 5. The Morgan fingerprint density at radius 3 is 2.61 bits per heavy atom. The highest BCUT2D eigenvalue weighted by atomic mass is 35.5. The van der Waals surface area contributed by atoms with Gasteiger partial charge in [-0.3, -0.25) is 14.4 Å². The van der Waals surface area contributed by atoms with Crippen molar-refractivity contribution in [3.63, 3.8) is 0 Å². The highest BCUT2D eigenvalue weighted by molar-refractivity contribution is 6.38. The zero-order chi connectivity index (χ0) is 23.5. The Morgan fingerprint density at radius 2 is 1.79 bits per heavy atom. The van der Waals surface area contributed by atoms with Crippen LogP contribution in [-0.4, -0.2) is 50.0 Å². The zero-order valence-corrected chi connectivity index (χ0v) is 19.0. The molecule has 174 valence electrons. The van der Waals surface area contributed by atoms with Gasteiger partial charge in [0.2, 0.25) is 5.78 Å². The molecule has 2 N–H and O–H groups in total. The first kappa shape index (κ1) is 24.6. The molecule has 1 atom stereocenters. The third-order valence-corrected chi connectivity index (χ3v) is 5.35. The van der Waals surface area contributed by atoms with Crippen LogP contribution in [-0.2, 0) is 32.1 Å². The lowest BCUT2D eigenvalue weighted by molar-refractivity contribution is -0.138. The maximum absolute atomic E-state index is 12.9. The minimum absolute atomic E-state index is 0.178. The molecule has 0 saturated heterocycles. The molecule has 2 amide bonds. The van der Waals surface area contributed by atoms with Gasteiger partial charge in [0.1, 0.15) is 6.04 Å². The maximum atomic E-state index is 12.9. The predicted octanol–water partition coefficient (Wildman–Crippen LogP) is 2.86. The van der Waals surface area contributed by atoms with Gasteiger partial charge in [-0.25, -0.2) is 0 Å². The van der Waals surface area contributed by atoms with E-state index in [-0.39, 0.29) is 19.6 Å². The highest BCUT2D eigenvalue weighted by Gasteiger charge is 2.27. The van der Waals surface area contributed by atoms with E-state index in [1.165, 1.54) is 0 Å². The minimum atomic E-state index is -0.999. The van der Waals surface area contributed by atoms with Crippen molar-refractivity contribution < 1.29 is 23.9 Å². The van der Waals surface area contributed by atoms with Crippen LogP contribution in [0.1, 0.15) is 27.9 Å². The number of carbonyl (C=O) groups is 3. The Hall–Kier alpha value is -3.00. The summed E-state index contributed by atoms with van der Waals surface area (Å²) in [4.78, 5) is 38.3. The average Bonchev–Trinajstić information content (AvgIpc) is 2.82. The number of benzene rings is 2. The predicted molar refractivity (Wildman–Crippen MR) is 125 cm³/mol. The number of halogens is 1. The van der Waals surface area contributed by atoms with Gasteiger partial charge in [-0.05, 0) is 42.2 Å². The summed E-state index contributed by atoms with van der Waals surface area (Å²) in [6.07, 6.45) is 4.21. The van der Waals surface area contributed by atoms with E-state index in [1.807, 2.05) is 18.2 Å². The van der Waals surface area contributed by atoms with Gasteiger partial charge in [0, 0.05) is 17.1 Å². The van der Waals surface area contributed by atoms with Crippen molar-refractivity contribution in [2.45, 2.75) is 25.5 Å². The summed E-state index contributed by atoms with van der Waals surface area (Å²) in [5, 5.41) is 5.98. The van der Waals surface area contributed by atoms with Crippen LogP contribution in [0.15, 0.2) is 60.7 Å². The standard InChI is InChI=1S/C25H27ClN2O5/c26-20-10-8-18(9-11-20)12-13-27-25(31)23(29)22-7-3-4-14-32-15-16-33-17-19-5-1-2-6-21(19)24(30)28-22/h1-6,8-11,22H,7,12-17H2,(H,27,31)(H,28,30)/b4-3+/t22-/m0/s1. The molecule has 33 heavy (non-hydrogen) atoms. The summed E-state index contributed by atoms with van der Waals surface area (Å²) < 4.78 is 11.0. The quantitative estimate of drug-likeness (QED) is 0.517. The van der Waals surface area contributed by atoms with E-state index in [4.69, 9.17) is 21.1 Å². The number of carbonyl (C=O) groups excluding carboxylic acids is 3. The Labute approximate surface area is 198 Å². The number of hydrogen-bond donors (Lipinski definition) is 2. The monoisotopic (exact) mass is 470 g/mol. The van der Waals surface area contributed by atoms with Gasteiger partial charge in [0.15, 0.2) is 0 Å². The number of nitrogens with one attached hydrogen (secondary N) is 2. The average molecular weight is 471 g/mol. The Morgan fingerprint density at radius 1 is 1.03 bits per heavy atom. The van der Waals surface area contributed by atoms with Crippen molar-refractivity contribution in [2.75, 3.05) is 26.4 Å². The first-order valence-corrected chi connectivity index (χ1v) is 11.2. The second-order valence-electron chi connectivity index (χ2n) is 7.51. The molecule has 0 fully saturated rings. The number of amides is 2. The van der Waals surface area contributed by atoms with E-state index in [9.17, 15) is 14.4 Å². The molecule has 1 aliphatic rings. The molecule has 2 aromatic rings. The minimum Gasteiger partial charge on any atom is -0.375 e. The Bertz CT molecular complexity index is 991. The lowest BCUT2D eigenvalue weighted by atomic mass is 10.0. The van der Waals surface area contributed by atoms with Gasteiger partial charge in [0.25, 0.3) is 11.8 Å². The Balaban J connectivity index is 1.66. The van der Waals surface area contributed by atoms with Gasteiger partial charge in [-0.15, -0.1) is 0 Å². The molecule has 8 heteroatoms. The number of Topliss-reactive ketones (excluding diaryl/α,β-unsaturated/α-hetero) is 1. The molecule has 1 heterocycles. The van der Waals surface area contributed by atoms with Crippen molar-refractivity contribution in [3.05, 3.63) is 82.4 Å². The third-order valence-electron chi connectivity index (χ3n) is 5.10. The summed E-state index contributed by atoms with van der Waals surface area (Å²) in [6, 6.07) is 13.3. The fourth-order valence-electron chi connectivity index (χ4n) is 3.30. The molecule has 7 nitrogen and oxygen atoms in total. The summed E-state index contributed by atoms with van der Waals surface area (Å²) in [5.74, 6) is -1.87. The first-order chi connectivity index (χ1) is 16.0. The second-order valence-corrected chi connectivity index (χ2v) is 7.95. The van der Waals surface area contributed by atoms with Crippen LogP contribution in [0.25, 0.3) is 0 Å². The molecule has 3 rings (SSSR count). The van der Waals surface area contributed by atoms with Crippen LogP contribution in [0, 0.1) is 0 Å². The molecule has 0 bridgehead atoms. The summed E-state index contributed by atoms with van der Waals surface area (Å²) in [7, 11) is 0. The molecule has 0 saturated carbocycles. The number of hydrogen-bond acceptors (Lipinski definition) is 5. The van der Waals surface area contributed by atoms with E-state index in [2.05, 4.69) is 10.6 Å². The van der Waals surface area contributed by atoms with E-state index < -0.39 is 23.6 Å². The zero-order valence-electron chi connectivity index (χ0n) is 18.2. The Kier molecular flexibility index (Phi) is 9.62. The van der Waals surface area contributed by atoms with Crippen LogP contribution in [0.3, 0.4) is 0 Å². The molecule has 0 aliphatic carbocycles. The largest absolute Gasteiger partial charge is 0.375 e. The van der Waals surface area contributed by atoms with Crippen LogP contribution < -0.4 is 10.6 Å². The van der Waals surface area contributed by atoms with Crippen molar-refractivity contribution in [1.29, 1.82) is 0 Å². The topological polar surface area (TPSA) is 93.7 Å². The first-order valence-electron chi connectivity index (χ1n) is 10.8. The van der Waals surface area contributed by atoms with Gasteiger partial charge in [0.05, 0.1) is 26.4 Å². The number of ether oxygens (including phenoxy) is 2. The van der Waals surface area contributed by atoms with E-state index in [1.54, 1.807) is 42.5 Å². The third kappa shape index (κ3) is 7.82. The molecule has 0 unspecified atom stereocenters. The van der Waals surface area contributed by atoms with Crippen molar-refractivity contribution in [2.24, 2.45) is 0 Å². The van der Waals surface area contributed by atoms with Crippen LogP contribution in [0.4, 0.5) is 0 Å². The molecular weight excluding hydrogens is 444 g/mol. The summed E-state index contributed by atoms with van der Waals surface area (Å²) >= 11 is 5.88. The van der Waals surface area contributed by atoms with Crippen molar-refractivity contribution in [1.82, 2.24) is 10.6 Å². The normalized spacial score (nSPS) is 18.3. The van der Waals surface area contributed by atoms with Crippen LogP contribution in [0.5, 0.6) is 0 Å². The van der Waals surface area contributed by atoms with Crippen molar-refractivity contribution in [3.8, 4) is 0 Å². The molecule has 0 spiro atoms. The van der Waals surface area contributed by atoms with E-state index in [0.29, 0.717) is 42.4 Å². The van der Waals surface area contributed by atoms with Gasteiger partial charge >= 0.3 is 0 Å². The van der Waals surface area contributed by atoms with Crippen molar-refractivity contribution >= 4 is 29.2 Å². The molecular formula is C25H27ClN2O5. The fraction of sp³-hybridized carbons (Fsp3) is 0.320. The van der Waals surface area contributed by atoms with E-state index in [0.717, 1.165) is 5.56 Å². The fourth-order valence-corrected chi connectivity index (χ4v) is 3.43. The second kappa shape index (κ2) is 12.9. The maximum Gasteiger partial charge on any atom is 0.289 e. The molecule has 0 radical (unpaired) electrons. The van der Waals surface area contributed by atoms with Gasteiger partial charge in [-0.2, -0.15) is 0 Å².